The van der Waals surface area contributed by atoms with E-state index in [0.29, 0.717) is 0 Å². The highest BCUT2D eigenvalue weighted by Crippen LogP contribution is 2.47. The molecule has 0 amide bonds. The number of aromatic nitrogens is 1. The Bertz CT molecular complexity index is 1880. The minimum absolute atomic E-state index is 0.726. The predicted octanol–water partition coefficient (Wildman–Crippen LogP) is 10.7. The summed E-state index contributed by atoms with van der Waals surface area (Å²) < 4.78 is 2.56. The number of hydrogen-bond donors (Lipinski definition) is 0. The predicted molar refractivity (Wildman–Crippen MR) is 184 cm³/mol. The van der Waals surface area contributed by atoms with Crippen molar-refractivity contribution in [2.75, 3.05) is 0 Å². The van der Waals surface area contributed by atoms with Crippen LogP contribution in [0, 0.1) is 6.92 Å². The third kappa shape index (κ3) is 5.37. The highest BCUT2D eigenvalue weighted by atomic mass is 15.0. The van der Waals surface area contributed by atoms with Crippen molar-refractivity contribution in [3.63, 3.8) is 0 Å². The van der Waals surface area contributed by atoms with Crippen LogP contribution in [0.25, 0.3) is 55.9 Å². The number of rotatable bonds is 7. The van der Waals surface area contributed by atoms with Crippen molar-refractivity contribution in [2.45, 2.75) is 13.5 Å². The maximum atomic E-state index is 2.56. The van der Waals surface area contributed by atoms with E-state index in [1.165, 1.54) is 67.0 Å². The molecular formula is C43H34N+. The van der Waals surface area contributed by atoms with Crippen LogP contribution in [0.15, 0.2) is 176 Å². The van der Waals surface area contributed by atoms with Crippen molar-refractivity contribution in [3.05, 3.63) is 187 Å². The highest BCUT2D eigenvalue weighted by molar-refractivity contribution is 6.03. The van der Waals surface area contributed by atoms with Gasteiger partial charge in [-0.05, 0) is 47.9 Å². The monoisotopic (exact) mass is 564 g/mol. The van der Waals surface area contributed by atoms with Gasteiger partial charge in [-0.3, -0.25) is 0 Å². The van der Waals surface area contributed by atoms with Gasteiger partial charge in [0.15, 0.2) is 6.54 Å². The molecule has 0 radical (unpaired) electrons. The minimum atomic E-state index is 0.726. The first-order valence-electron chi connectivity index (χ1n) is 15.2. The van der Waals surface area contributed by atoms with Gasteiger partial charge in [0.05, 0.1) is 11.1 Å². The Morgan fingerprint density at radius 1 is 0.341 bits per heavy atom. The van der Waals surface area contributed by atoms with E-state index >= 15 is 0 Å². The molecule has 0 unspecified atom stereocenters. The SMILES string of the molecule is Cc1ccc(C[n+]2c(-c3ccccc3)c(-c3ccccc3)c(-c3ccccc3)c(-c3ccccc3)c2-c2ccccc2)cc1. The Hall–Kier alpha value is -5.53. The molecule has 1 heteroatoms. The second-order valence-electron chi connectivity index (χ2n) is 11.2. The summed E-state index contributed by atoms with van der Waals surface area (Å²) in [6.07, 6.45) is 0. The van der Waals surface area contributed by atoms with Crippen molar-refractivity contribution in [1.29, 1.82) is 0 Å². The van der Waals surface area contributed by atoms with Gasteiger partial charge in [0.2, 0.25) is 11.4 Å². The van der Waals surface area contributed by atoms with Crippen LogP contribution in [0.3, 0.4) is 0 Å². The van der Waals surface area contributed by atoms with Gasteiger partial charge in [-0.25, -0.2) is 0 Å². The summed E-state index contributed by atoms with van der Waals surface area (Å²) >= 11 is 0. The van der Waals surface area contributed by atoms with Crippen molar-refractivity contribution in [3.8, 4) is 55.9 Å². The van der Waals surface area contributed by atoms with Gasteiger partial charge in [0.25, 0.3) is 0 Å². The van der Waals surface area contributed by atoms with E-state index in [1.807, 2.05) is 0 Å². The summed E-state index contributed by atoms with van der Waals surface area (Å²) in [6.45, 7) is 2.88. The van der Waals surface area contributed by atoms with Crippen molar-refractivity contribution >= 4 is 0 Å². The van der Waals surface area contributed by atoms with Gasteiger partial charge in [0, 0.05) is 22.3 Å². The second-order valence-corrected chi connectivity index (χ2v) is 11.2. The Labute approximate surface area is 260 Å². The Morgan fingerprint density at radius 3 is 1.02 bits per heavy atom. The number of hydrogen-bond acceptors (Lipinski definition) is 0. The molecule has 0 spiro atoms. The molecule has 0 N–H and O–H groups in total. The molecule has 210 valence electrons. The quantitative estimate of drug-likeness (QED) is 0.170. The fourth-order valence-corrected chi connectivity index (χ4v) is 6.24. The lowest BCUT2D eigenvalue weighted by Gasteiger charge is -2.23. The first-order valence-corrected chi connectivity index (χ1v) is 15.2. The van der Waals surface area contributed by atoms with Crippen molar-refractivity contribution in [1.82, 2.24) is 0 Å². The third-order valence-electron chi connectivity index (χ3n) is 8.26. The standard InChI is InChI=1S/C43H34N/c1-32-27-29-33(30-28-32)31-44-42(37-23-13-5-14-24-37)40(35-19-9-3-10-20-35)39(34-17-7-2-8-18-34)41(36-21-11-4-12-22-36)43(44)38-25-15-6-16-26-38/h2-30H,31H2,1H3/q+1. The fourth-order valence-electron chi connectivity index (χ4n) is 6.24. The molecule has 0 fully saturated rings. The van der Waals surface area contributed by atoms with Gasteiger partial charge >= 0.3 is 0 Å². The van der Waals surface area contributed by atoms with Crippen LogP contribution < -0.4 is 4.57 Å². The van der Waals surface area contributed by atoms with Crippen LogP contribution in [0.1, 0.15) is 11.1 Å². The van der Waals surface area contributed by atoms with Gasteiger partial charge in [-0.15, -0.1) is 0 Å². The maximum Gasteiger partial charge on any atom is 0.221 e. The summed E-state index contributed by atoms with van der Waals surface area (Å²) in [6, 6.07) is 63.5. The van der Waals surface area contributed by atoms with Gasteiger partial charge < -0.3 is 0 Å². The van der Waals surface area contributed by atoms with Gasteiger partial charge in [-0.1, -0.05) is 157 Å². The fraction of sp³-hybridized carbons (Fsp3) is 0.0465. The molecule has 0 aliphatic rings. The Balaban J connectivity index is 1.75. The van der Waals surface area contributed by atoms with Crippen LogP contribution in [-0.4, -0.2) is 0 Å². The van der Waals surface area contributed by atoms with Crippen LogP contribution in [0.2, 0.25) is 0 Å². The number of benzene rings is 6. The van der Waals surface area contributed by atoms with E-state index in [1.54, 1.807) is 0 Å². The lowest BCUT2D eigenvalue weighted by Crippen LogP contribution is -2.41. The summed E-state index contributed by atoms with van der Waals surface area (Å²) in [5.74, 6) is 0. The zero-order valence-corrected chi connectivity index (χ0v) is 24.9. The second kappa shape index (κ2) is 12.4. The molecule has 1 heterocycles. The lowest BCUT2D eigenvalue weighted by molar-refractivity contribution is -0.665. The first kappa shape index (κ1) is 27.3. The summed E-state index contributed by atoms with van der Waals surface area (Å²) in [5, 5.41) is 0. The molecule has 0 atom stereocenters. The van der Waals surface area contributed by atoms with Crippen molar-refractivity contribution < 1.29 is 4.57 Å². The molecule has 0 saturated heterocycles. The van der Waals surface area contributed by atoms with E-state index in [9.17, 15) is 0 Å². The van der Waals surface area contributed by atoms with E-state index < -0.39 is 0 Å². The molecule has 0 bridgehead atoms. The topological polar surface area (TPSA) is 3.88 Å². The molecule has 0 aliphatic heterocycles. The Kier molecular flexibility index (Phi) is 7.68. The van der Waals surface area contributed by atoms with Gasteiger partial charge in [-0.2, -0.15) is 4.57 Å². The smallest absolute Gasteiger partial charge is 0.186 e. The van der Waals surface area contributed by atoms with E-state index in [-0.39, 0.29) is 0 Å². The van der Waals surface area contributed by atoms with Crippen LogP contribution >= 0.6 is 0 Å². The molecule has 0 aliphatic carbocycles. The molecule has 1 aromatic heterocycles. The summed E-state index contributed by atoms with van der Waals surface area (Å²) in [5.41, 5.74) is 14.6. The lowest BCUT2D eigenvalue weighted by atomic mass is 9.82. The Morgan fingerprint density at radius 2 is 0.659 bits per heavy atom. The molecule has 0 saturated carbocycles. The average Bonchev–Trinajstić information content (AvgIpc) is 3.10. The summed E-state index contributed by atoms with van der Waals surface area (Å²) in [7, 11) is 0. The molecule has 7 rings (SSSR count). The van der Waals surface area contributed by atoms with Crippen LogP contribution in [0.5, 0.6) is 0 Å². The maximum absolute atomic E-state index is 2.56. The molecular weight excluding hydrogens is 530 g/mol. The zero-order chi connectivity index (χ0) is 29.7. The normalized spacial score (nSPS) is 10.9. The summed E-state index contributed by atoms with van der Waals surface area (Å²) in [4.78, 5) is 0. The van der Waals surface area contributed by atoms with Crippen molar-refractivity contribution in [2.24, 2.45) is 0 Å². The largest absolute Gasteiger partial charge is 0.221 e. The van der Waals surface area contributed by atoms with Crippen LogP contribution in [-0.2, 0) is 6.54 Å². The molecule has 44 heavy (non-hydrogen) atoms. The molecule has 1 nitrogen and oxygen atoms in total. The average molecular weight is 565 g/mol. The molecule has 6 aromatic carbocycles. The van der Waals surface area contributed by atoms with Crippen LogP contribution in [0.4, 0.5) is 0 Å². The number of aryl methyl sites for hydroxylation is 1. The zero-order valence-electron chi connectivity index (χ0n) is 24.9. The minimum Gasteiger partial charge on any atom is -0.186 e. The molecule has 7 aromatic rings. The van der Waals surface area contributed by atoms with E-state index in [4.69, 9.17) is 0 Å². The van der Waals surface area contributed by atoms with E-state index in [2.05, 4.69) is 187 Å². The third-order valence-corrected chi connectivity index (χ3v) is 8.26. The number of pyridine rings is 1. The number of nitrogens with zero attached hydrogens (tertiary/aromatic N) is 1. The highest BCUT2D eigenvalue weighted by Gasteiger charge is 2.34. The van der Waals surface area contributed by atoms with Gasteiger partial charge in [0.1, 0.15) is 0 Å². The van der Waals surface area contributed by atoms with E-state index in [0.717, 1.165) is 6.54 Å². The first-order chi connectivity index (χ1) is 21.8.